The lowest BCUT2D eigenvalue weighted by atomic mass is 10.3. The first-order valence-corrected chi connectivity index (χ1v) is 6.06. The summed E-state index contributed by atoms with van der Waals surface area (Å²) in [5.74, 6) is 1.57. The predicted octanol–water partition coefficient (Wildman–Crippen LogP) is 1.61. The van der Waals surface area contributed by atoms with E-state index >= 15 is 0 Å². The molecule has 2 aromatic rings. The lowest BCUT2D eigenvalue weighted by Gasteiger charge is -2.15. The van der Waals surface area contributed by atoms with Crippen molar-refractivity contribution in [3.05, 3.63) is 31.1 Å². The summed E-state index contributed by atoms with van der Waals surface area (Å²) in [7, 11) is 0. The molecule has 0 aliphatic rings. The van der Waals surface area contributed by atoms with Crippen LogP contribution in [-0.2, 0) is 6.54 Å². The molecule has 2 heterocycles. The van der Waals surface area contributed by atoms with Gasteiger partial charge in [0.1, 0.15) is 11.6 Å². The van der Waals surface area contributed by atoms with E-state index in [1.165, 1.54) is 0 Å². The zero-order valence-electron chi connectivity index (χ0n) is 10.7. The Morgan fingerprint density at radius 1 is 1.28 bits per heavy atom. The maximum absolute atomic E-state index is 4.42. The molecule has 0 saturated carbocycles. The van der Waals surface area contributed by atoms with Crippen LogP contribution >= 0.6 is 0 Å². The summed E-state index contributed by atoms with van der Waals surface area (Å²) < 4.78 is 2.03. The molecule has 0 aliphatic carbocycles. The van der Waals surface area contributed by atoms with Gasteiger partial charge in [0.15, 0.2) is 0 Å². The molecular formula is C12H18N6. The topological polar surface area (TPSA) is 67.7 Å². The number of anilines is 2. The van der Waals surface area contributed by atoms with Gasteiger partial charge in [-0.25, -0.2) is 9.97 Å². The molecule has 0 fully saturated rings. The Morgan fingerprint density at radius 3 is 2.83 bits per heavy atom. The molecule has 6 heteroatoms. The number of nitrogens with zero attached hydrogens (tertiary/aromatic N) is 4. The average molecular weight is 246 g/mol. The second-order valence-corrected chi connectivity index (χ2v) is 4.12. The van der Waals surface area contributed by atoms with Gasteiger partial charge in [-0.15, -0.1) is 0 Å². The van der Waals surface area contributed by atoms with Crippen LogP contribution < -0.4 is 10.6 Å². The first-order chi connectivity index (χ1) is 8.78. The number of rotatable bonds is 6. The third-order valence-electron chi connectivity index (χ3n) is 2.43. The van der Waals surface area contributed by atoms with E-state index in [0.29, 0.717) is 0 Å². The van der Waals surface area contributed by atoms with E-state index in [2.05, 4.69) is 32.5 Å². The van der Waals surface area contributed by atoms with E-state index in [4.69, 9.17) is 0 Å². The zero-order valence-corrected chi connectivity index (χ0v) is 10.7. The van der Waals surface area contributed by atoms with Crippen molar-refractivity contribution in [3.8, 4) is 0 Å². The summed E-state index contributed by atoms with van der Waals surface area (Å²) in [5, 5.41) is 6.45. The molecule has 0 aromatic carbocycles. The molecule has 0 amide bonds. The van der Waals surface area contributed by atoms with Crippen LogP contribution in [0.5, 0.6) is 0 Å². The molecule has 1 unspecified atom stereocenters. The average Bonchev–Trinajstić information content (AvgIpc) is 2.82. The smallest absolute Gasteiger partial charge is 0.147 e. The van der Waals surface area contributed by atoms with Gasteiger partial charge in [-0.3, -0.25) is 4.98 Å². The highest BCUT2D eigenvalue weighted by Crippen LogP contribution is 2.08. The van der Waals surface area contributed by atoms with Crippen molar-refractivity contribution < 1.29 is 0 Å². The van der Waals surface area contributed by atoms with E-state index in [0.717, 1.165) is 24.7 Å². The Labute approximate surface area is 106 Å². The van der Waals surface area contributed by atoms with E-state index < -0.39 is 0 Å². The van der Waals surface area contributed by atoms with Crippen LogP contribution in [0.3, 0.4) is 0 Å². The molecule has 0 radical (unpaired) electrons. The van der Waals surface area contributed by atoms with Crippen molar-refractivity contribution in [3.63, 3.8) is 0 Å². The lowest BCUT2D eigenvalue weighted by Crippen LogP contribution is -2.22. The highest BCUT2D eigenvalue weighted by Gasteiger charge is 2.04. The molecule has 2 rings (SSSR count). The first-order valence-electron chi connectivity index (χ1n) is 6.06. The minimum absolute atomic E-state index is 0.255. The fourth-order valence-corrected chi connectivity index (χ4v) is 1.71. The molecule has 0 aliphatic heterocycles. The van der Waals surface area contributed by atoms with Gasteiger partial charge < -0.3 is 15.2 Å². The van der Waals surface area contributed by atoms with E-state index in [1.54, 1.807) is 24.9 Å². The van der Waals surface area contributed by atoms with Gasteiger partial charge in [0.2, 0.25) is 0 Å². The molecule has 1 atom stereocenters. The third kappa shape index (κ3) is 3.44. The zero-order chi connectivity index (χ0) is 12.8. The van der Waals surface area contributed by atoms with Crippen LogP contribution in [-0.4, -0.2) is 32.1 Å². The number of aromatic nitrogens is 4. The van der Waals surface area contributed by atoms with Crippen molar-refractivity contribution in [2.24, 2.45) is 0 Å². The van der Waals surface area contributed by atoms with Crippen molar-refractivity contribution in [1.29, 1.82) is 0 Å². The van der Waals surface area contributed by atoms with Crippen molar-refractivity contribution >= 4 is 11.6 Å². The Morgan fingerprint density at radius 2 is 2.11 bits per heavy atom. The monoisotopic (exact) mass is 246 g/mol. The van der Waals surface area contributed by atoms with Crippen LogP contribution in [0.15, 0.2) is 31.1 Å². The fourth-order valence-electron chi connectivity index (χ4n) is 1.71. The Kier molecular flexibility index (Phi) is 4.11. The molecule has 2 N–H and O–H groups in total. The molecule has 0 saturated heterocycles. The fraction of sp³-hybridized carbons (Fsp3) is 0.417. The van der Waals surface area contributed by atoms with Gasteiger partial charge in [-0.1, -0.05) is 0 Å². The van der Waals surface area contributed by atoms with Crippen molar-refractivity contribution in [1.82, 2.24) is 19.5 Å². The molecule has 6 nitrogen and oxygen atoms in total. The summed E-state index contributed by atoms with van der Waals surface area (Å²) in [6.45, 7) is 5.81. The van der Waals surface area contributed by atoms with Crippen molar-refractivity contribution in [2.75, 3.05) is 17.2 Å². The van der Waals surface area contributed by atoms with E-state index in [1.807, 2.05) is 17.7 Å². The predicted molar refractivity (Wildman–Crippen MR) is 71.5 cm³/mol. The van der Waals surface area contributed by atoms with E-state index in [9.17, 15) is 0 Å². The van der Waals surface area contributed by atoms with Crippen LogP contribution in [0.25, 0.3) is 0 Å². The van der Waals surface area contributed by atoms with Gasteiger partial charge >= 0.3 is 0 Å². The Hall–Kier alpha value is -2.11. The number of hydrogen-bond donors (Lipinski definition) is 2. The van der Waals surface area contributed by atoms with Gasteiger partial charge in [0.05, 0.1) is 18.7 Å². The summed E-state index contributed by atoms with van der Waals surface area (Å²) in [6.07, 6.45) is 8.97. The van der Waals surface area contributed by atoms with Crippen LogP contribution in [0.2, 0.25) is 0 Å². The molecular weight excluding hydrogens is 228 g/mol. The van der Waals surface area contributed by atoms with Gasteiger partial charge in [-0.05, 0) is 13.8 Å². The number of nitrogens with one attached hydrogen (secondary N) is 2. The van der Waals surface area contributed by atoms with Gasteiger partial charge in [-0.2, -0.15) is 0 Å². The number of imidazole rings is 1. The normalized spacial score (nSPS) is 12.1. The third-order valence-corrected chi connectivity index (χ3v) is 2.43. The summed E-state index contributed by atoms with van der Waals surface area (Å²) in [6, 6.07) is 0.255. The number of hydrogen-bond acceptors (Lipinski definition) is 5. The molecule has 0 bridgehead atoms. The SMILES string of the molecule is CCNc1cncc(NC(C)Cn2ccnc2)n1. The maximum Gasteiger partial charge on any atom is 0.147 e. The highest BCUT2D eigenvalue weighted by molar-refractivity contribution is 5.41. The Balaban J connectivity index is 1.93. The van der Waals surface area contributed by atoms with Crippen LogP contribution in [0.1, 0.15) is 13.8 Å². The minimum Gasteiger partial charge on any atom is -0.369 e. The molecule has 2 aromatic heterocycles. The lowest BCUT2D eigenvalue weighted by molar-refractivity contribution is 0.617. The minimum atomic E-state index is 0.255. The van der Waals surface area contributed by atoms with Crippen LogP contribution in [0, 0.1) is 0 Å². The summed E-state index contributed by atoms with van der Waals surface area (Å²) in [4.78, 5) is 12.6. The Bertz CT molecular complexity index is 467. The quantitative estimate of drug-likeness (QED) is 0.810. The first kappa shape index (κ1) is 12.3. The molecule has 0 spiro atoms. The summed E-state index contributed by atoms with van der Waals surface area (Å²) >= 11 is 0. The van der Waals surface area contributed by atoms with E-state index in [-0.39, 0.29) is 6.04 Å². The van der Waals surface area contributed by atoms with Crippen LogP contribution in [0.4, 0.5) is 11.6 Å². The standard InChI is InChI=1S/C12H18N6/c1-3-15-11-6-14-7-12(17-11)16-10(2)8-18-5-4-13-9-18/h4-7,9-10H,3,8H2,1-2H3,(H2,15,16,17). The highest BCUT2D eigenvalue weighted by atomic mass is 15.1. The second-order valence-electron chi connectivity index (χ2n) is 4.12. The second kappa shape index (κ2) is 6.00. The molecule has 96 valence electrons. The van der Waals surface area contributed by atoms with Gasteiger partial charge in [0, 0.05) is 31.5 Å². The largest absolute Gasteiger partial charge is 0.369 e. The molecule has 18 heavy (non-hydrogen) atoms. The van der Waals surface area contributed by atoms with Gasteiger partial charge in [0.25, 0.3) is 0 Å². The summed E-state index contributed by atoms with van der Waals surface area (Å²) in [5.41, 5.74) is 0. The maximum atomic E-state index is 4.42. The van der Waals surface area contributed by atoms with Crippen molar-refractivity contribution in [2.45, 2.75) is 26.4 Å².